The fourth-order valence-corrected chi connectivity index (χ4v) is 2.88. The van der Waals surface area contributed by atoms with E-state index in [2.05, 4.69) is 52.0 Å². The maximum absolute atomic E-state index is 4.82. The highest BCUT2D eigenvalue weighted by atomic mass is 32.1. The molecule has 1 nitrogen and oxygen atoms in total. The van der Waals surface area contributed by atoms with Crippen molar-refractivity contribution in [3.8, 4) is 11.3 Å². The van der Waals surface area contributed by atoms with Gasteiger partial charge in [0.2, 0.25) is 0 Å². The average molecular weight is 245 g/mol. The molecular weight excluding hydrogens is 226 g/mol. The van der Waals surface area contributed by atoms with Crippen LogP contribution in [0.3, 0.4) is 0 Å². The van der Waals surface area contributed by atoms with Crippen molar-refractivity contribution in [2.75, 3.05) is 0 Å². The normalized spacial score (nSPS) is 11.4. The smallest absolute Gasteiger partial charge is 0.0960 e. The Morgan fingerprint density at radius 1 is 0.941 bits per heavy atom. The summed E-state index contributed by atoms with van der Waals surface area (Å²) in [4.78, 5) is 6.22. The van der Waals surface area contributed by atoms with Crippen molar-refractivity contribution < 1.29 is 0 Å². The van der Waals surface area contributed by atoms with Gasteiger partial charge in [0, 0.05) is 16.4 Å². The third kappa shape index (κ3) is 2.58. The van der Waals surface area contributed by atoms with Gasteiger partial charge in [-0.25, -0.2) is 4.98 Å². The number of rotatable bonds is 3. The molecule has 0 aliphatic rings. The van der Waals surface area contributed by atoms with E-state index in [-0.39, 0.29) is 0 Å². The minimum absolute atomic E-state index is 0.509. The van der Waals surface area contributed by atoms with E-state index in [0.29, 0.717) is 11.8 Å². The maximum Gasteiger partial charge on any atom is 0.0960 e. The second kappa shape index (κ2) is 5.01. The molecule has 1 aromatic carbocycles. The van der Waals surface area contributed by atoms with Crippen LogP contribution in [0.4, 0.5) is 0 Å². The number of benzene rings is 1. The zero-order valence-corrected chi connectivity index (χ0v) is 11.7. The molecular formula is C15H19NS. The van der Waals surface area contributed by atoms with Crippen LogP contribution in [0.25, 0.3) is 11.3 Å². The van der Waals surface area contributed by atoms with Crippen LogP contribution in [0.2, 0.25) is 0 Å². The molecule has 17 heavy (non-hydrogen) atoms. The van der Waals surface area contributed by atoms with Gasteiger partial charge >= 0.3 is 0 Å². The lowest BCUT2D eigenvalue weighted by molar-refractivity contribution is 0.852. The minimum Gasteiger partial charge on any atom is -0.241 e. The summed E-state index contributed by atoms with van der Waals surface area (Å²) in [6.45, 7) is 8.89. The van der Waals surface area contributed by atoms with Gasteiger partial charge in [0.1, 0.15) is 0 Å². The van der Waals surface area contributed by atoms with E-state index in [1.54, 1.807) is 0 Å². The summed E-state index contributed by atoms with van der Waals surface area (Å²) < 4.78 is 0. The molecule has 1 aromatic heterocycles. The van der Waals surface area contributed by atoms with Gasteiger partial charge < -0.3 is 0 Å². The third-order valence-corrected chi connectivity index (χ3v) is 4.39. The molecule has 0 amide bonds. The number of hydrogen-bond donors (Lipinski definition) is 0. The Morgan fingerprint density at radius 3 is 2.12 bits per heavy atom. The summed E-state index contributed by atoms with van der Waals surface area (Å²) in [6.07, 6.45) is 0. The number of aromatic nitrogens is 1. The van der Waals surface area contributed by atoms with E-state index < -0.39 is 0 Å². The summed E-state index contributed by atoms with van der Waals surface area (Å²) in [5, 5.41) is 1.24. The molecule has 90 valence electrons. The Labute approximate surface area is 108 Å². The molecule has 0 unspecified atom stereocenters. The maximum atomic E-state index is 4.82. The standard InChI is InChI=1S/C15H19NS/c1-10(2)14-13(12-8-6-5-7-9-12)16-15(17-14)11(3)4/h5-11H,1-4H3. The first-order valence-corrected chi connectivity index (χ1v) is 6.97. The molecule has 2 aromatic rings. The lowest BCUT2D eigenvalue weighted by Gasteiger charge is -2.04. The second-order valence-electron chi connectivity index (χ2n) is 4.94. The summed E-state index contributed by atoms with van der Waals surface area (Å²) in [5.41, 5.74) is 2.41. The Bertz CT molecular complexity index is 483. The predicted molar refractivity (Wildman–Crippen MR) is 75.7 cm³/mol. The summed E-state index contributed by atoms with van der Waals surface area (Å²) >= 11 is 1.86. The van der Waals surface area contributed by atoms with Gasteiger partial charge in [0.05, 0.1) is 10.7 Å². The largest absolute Gasteiger partial charge is 0.241 e. The third-order valence-electron chi connectivity index (χ3n) is 2.74. The molecule has 2 heteroatoms. The van der Waals surface area contributed by atoms with Gasteiger partial charge in [-0.05, 0) is 5.92 Å². The van der Waals surface area contributed by atoms with Crippen LogP contribution in [0, 0.1) is 0 Å². The second-order valence-corrected chi connectivity index (χ2v) is 6.00. The quantitative estimate of drug-likeness (QED) is 0.736. The minimum atomic E-state index is 0.509. The predicted octanol–water partition coefficient (Wildman–Crippen LogP) is 5.06. The van der Waals surface area contributed by atoms with Crippen LogP contribution in [0.15, 0.2) is 30.3 Å². The number of nitrogens with zero attached hydrogens (tertiary/aromatic N) is 1. The molecule has 0 bridgehead atoms. The molecule has 0 saturated heterocycles. The fourth-order valence-electron chi connectivity index (χ4n) is 1.79. The SMILES string of the molecule is CC(C)c1nc(-c2ccccc2)c(C(C)C)s1. The van der Waals surface area contributed by atoms with Crippen molar-refractivity contribution >= 4 is 11.3 Å². The highest BCUT2D eigenvalue weighted by molar-refractivity contribution is 7.12. The van der Waals surface area contributed by atoms with Crippen LogP contribution < -0.4 is 0 Å². The van der Waals surface area contributed by atoms with Crippen molar-refractivity contribution in [2.24, 2.45) is 0 Å². The Balaban J connectivity index is 2.52. The van der Waals surface area contributed by atoms with E-state index in [1.807, 2.05) is 17.4 Å². The van der Waals surface area contributed by atoms with E-state index in [4.69, 9.17) is 4.98 Å². The molecule has 0 aliphatic carbocycles. The van der Waals surface area contributed by atoms with Gasteiger partial charge in [0.25, 0.3) is 0 Å². The van der Waals surface area contributed by atoms with E-state index in [9.17, 15) is 0 Å². The van der Waals surface area contributed by atoms with Crippen molar-refractivity contribution in [3.05, 3.63) is 40.2 Å². The molecule has 0 spiro atoms. The number of hydrogen-bond acceptors (Lipinski definition) is 2. The van der Waals surface area contributed by atoms with Gasteiger partial charge in [-0.3, -0.25) is 0 Å². The molecule has 2 rings (SSSR count). The highest BCUT2D eigenvalue weighted by Crippen LogP contribution is 2.36. The molecule has 1 heterocycles. The molecule has 0 radical (unpaired) electrons. The first-order chi connectivity index (χ1) is 8.09. The monoisotopic (exact) mass is 245 g/mol. The molecule has 0 N–H and O–H groups in total. The average Bonchev–Trinajstić information content (AvgIpc) is 2.75. The molecule has 0 fully saturated rings. The molecule has 0 atom stereocenters. The van der Waals surface area contributed by atoms with E-state index in [1.165, 1.54) is 21.1 Å². The first-order valence-electron chi connectivity index (χ1n) is 6.15. The van der Waals surface area contributed by atoms with Gasteiger partial charge in [-0.15, -0.1) is 11.3 Å². The van der Waals surface area contributed by atoms with Crippen molar-refractivity contribution in [2.45, 2.75) is 39.5 Å². The van der Waals surface area contributed by atoms with E-state index >= 15 is 0 Å². The van der Waals surface area contributed by atoms with Crippen LogP contribution in [-0.2, 0) is 0 Å². The first kappa shape index (κ1) is 12.3. The number of thiazole rings is 1. The fraction of sp³-hybridized carbons (Fsp3) is 0.400. The highest BCUT2D eigenvalue weighted by Gasteiger charge is 2.16. The zero-order valence-electron chi connectivity index (χ0n) is 10.9. The molecule has 0 saturated carbocycles. The van der Waals surface area contributed by atoms with Gasteiger partial charge in [0.15, 0.2) is 0 Å². The van der Waals surface area contributed by atoms with Gasteiger partial charge in [-0.1, -0.05) is 58.0 Å². The van der Waals surface area contributed by atoms with Crippen molar-refractivity contribution in [3.63, 3.8) is 0 Å². The van der Waals surface area contributed by atoms with Crippen molar-refractivity contribution in [1.82, 2.24) is 4.98 Å². The Hall–Kier alpha value is -1.15. The van der Waals surface area contributed by atoms with Crippen LogP contribution in [0.1, 0.15) is 49.4 Å². The Morgan fingerprint density at radius 2 is 1.59 bits per heavy atom. The zero-order chi connectivity index (χ0) is 12.4. The van der Waals surface area contributed by atoms with Crippen LogP contribution >= 0.6 is 11.3 Å². The Kier molecular flexibility index (Phi) is 3.63. The lowest BCUT2D eigenvalue weighted by Crippen LogP contribution is -1.88. The molecule has 0 aliphatic heterocycles. The lowest BCUT2D eigenvalue weighted by atomic mass is 10.1. The van der Waals surface area contributed by atoms with E-state index in [0.717, 1.165) is 0 Å². The van der Waals surface area contributed by atoms with Crippen LogP contribution in [0.5, 0.6) is 0 Å². The van der Waals surface area contributed by atoms with Crippen LogP contribution in [-0.4, -0.2) is 4.98 Å². The summed E-state index contributed by atoms with van der Waals surface area (Å²) in [6, 6.07) is 10.5. The topological polar surface area (TPSA) is 12.9 Å². The van der Waals surface area contributed by atoms with Crippen molar-refractivity contribution in [1.29, 1.82) is 0 Å². The summed E-state index contributed by atoms with van der Waals surface area (Å²) in [7, 11) is 0. The summed E-state index contributed by atoms with van der Waals surface area (Å²) in [5.74, 6) is 1.05. The van der Waals surface area contributed by atoms with Gasteiger partial charge in [-0.2, -0.15) is 0 Å².